The summed E-state index contributed by atoms with van der Waals surface area (Å²) in [6.45, 7) is 9.99. The molecule has 0 aromatic carbocycles. The van der Waals surface area contributed by atoms with E-state index >= 15 is 0 Å². The van der Waals surface area contributed by atoms with Crippen LogP contribution in [0.1, 0.15) is 40.5 Å². The Balaban J connectivity index is 2.01. The van der Waals surface area contributed by atoms with E-state index in [4.69, 9.17) is 5.11 Å². The van der Waals surface area contributed by atoms with Crippen molar-refractivity contribution in [2.45, 2.75) is 40.5 Å². The number of nitrogens with zero attached hydrogens (tertiary/aromatic N) is 1. The van der Waals surface area contributed by atoms with E-state index in [1.165, 1.54) is 0 Å². The number of carbonyl (C=O) groups is 2. The zero-order chi connectivity index (χ0) is 13.7. The Morgan fingerprint density at radius 2 is 1.89 bits per heavy atom. The maximum absolute atomic E-state index is 11.9. The van der Waals surface area contributed by atoms with E-state index in [1.54, 1.807) is 4.90 Å². The highest BCUT2D eigenvalue weighted by Crippen LogP contribution is 2.68. The number of hydrogen-bond donors (Lipinski definition) is 1. The van der Waals surface area contributed by atoms with Crippen LogP contribution in [0.4, 0.5) is 0 Å². The second-order valence-electron chi connectivity index (χ2n) is 6.87. The molecule has 4 heteroatoms. The first-order chi connectivity index (χ1) is 8.18. The third-order valence-corrected chi connectivity index (χ3v) is 5.57. The third-order valence-electron chi connectivity index (χ3n) is 5.57. The summed E-state index contributed by atoms with van der Waals surface area (Å²) in [6.07, 6.45) is 0.868. The van der Waals surface area contributed by atoms with Crippen LogP contribution >= 0.6 is 0 Å². The van der Waals surface area contributed by atoms with Crippen LogP contribution in [0.2, 0.25) is 0 Å². The molecule has 4 nitrogen and oxygen atoms in total. The molecule has 0 aromatic rings. The first-order valence-electron chi connectivity index (χ1n) is 6.68. The Morgan fingerprint density at radius 1 is 1.33 bits per heavy atom. The highest BCUT2D eigenvalue weighted by molar-refractivity contribution is 5.80. The van der Waals surface area contributed by atoms with Gasteiger partial charge in [-0.15, -0.1) is 0 Å². The predicted molar refractivity (Wildman–Crippen MR) is 68.0 cm³/mol. The van der Waals surface area contributed by atoms with Crippen molar-refractivity contribution in [2.24, 2.45) is 22.7 Å². The SMILES string of the molecule is CC1(C)C(CN2CC(C(=O)O)CCC2=O)C1(C)C. The minimum Gasteiger partial charge on any atom is -0.481 e. The van der Waals surface area contributed by atoms with Crippen LogP contribution in [-0.2, 0) is 9.59 Å². The number of carbonyl (C=O) groups excluding carboxylic acids is 1. The molecule has 1 aliphatic carbocycles. The van der Waals surface area contributed by atoms with Crippen molar-refractivity contribution < 1.29 is 14.7 Å². The highest BCUT2D eigenvalue weighted by Gasteiger charge is 2.64. The lowest BCUT2D eigenvalue weighted by molar-refractivity contribution is -0.147. The molecule has 1 amide bonds. The van der Waals surface area contributed by atoms with E-state index in [1.807, 2.05) is 0 Å². The second kappa shape index (κ2) is 3.97. The molecule has 1 unspecified atom stereocenters. The lowest BCUT2D eigenvalue weighted by atomic mass is 9.97. The number of rotatable bonds is 3. The smallest absolute Gasteiger partial charge is 0.308 e. The molecule has 102 valence electrons. The fourth-order valence-corrected chi connectivity index (χ4v) is 3.30. The molecule has 0 aromatic heterocycles. The number of amides is 1. The van der Waals surface area contributed by atoms with Gasteiger partial charge in [0.25, 0.3) is 0 Å². The molecule has 2 rings (SSSR count). The number of carboxylic acid groups (broad SMARTS) is 1. The predicted octanol–water partition coefficient (Wildman–Crippen LogP) is 1.99. The van der Waals surface area contributed by atoms with Crippen LogP contribution in [0.15, 0.2) is 0 Å². The maximum atomic E-state index is 11.9. The number of likely N-dealkylation sites (tertiary alicyclic amines) is 1. The van der Waals surface area contributed by atoms with Gasteiger partial charge in [0.15, 0.2) is 0 Å². The standard InChI is InChI=1S/C14H23NO3/c1-13(2)10(14(13,3)4)8-15-7-9(12(17)18)5-6-11(15)16/h9-10H,5-8H2,1-4H3,(H,17,18). The van der Waals surface area contributed by atoms with Gasteiger partial charge in [0.2, 0.25) is 5.91 Å². The van der Waals surface area contributed by atoms with E-state index in [0.29, 0.717) is 31.8 Å². The maximum Gasteiger partial charge on any atom is 0.308 e. The molecule has 0 spiro atoms. The fraction of sp³-hybridized carbons (Fsp3) is 0.857. The number of aliphatic carboxylic acids is 1. The lowest BCUT2D eigenvalue weighted by Crippen LogP contribution is -2.44. The summed E-state index contributed by atoms with van der Waals surface area (Å²) in [7, 11) is 0. The molecular weight excluding hydrogens is 230 g/mol. The molecule has 0 radical (unpaired) electrons. The van der Waals surface area contributed by atoms with E-state index in [0.717, 1.165) is 0 Å². The molecule has 0 bridgehead atoms. The van der Waals surface area contributed by atoms with Crippen molar-refractivity contribution in [3.05, 3.63) is 0 Å². The zero-order valence-electron chi connectivity index (χ0n) is 11.7. The second-order valence-corrected chi connectivity index (χ2v) is 6.87. The molecule has 1 heterocycles. The van der Waals surface area contributed by atoms with Gasteiger partial charge in [0, 0.05) is 19.5 Å². The molecule has 1 saturated heterocycles. The third kappa shape index (κ3) is 1.91. The van der Waals surface area contributed by atoms with Crippen molar-refractivity contribution in [3.8, 4) is 0 Å². The average Bonchev–Trinajstić information content (AvgIpc) is 2.63. The van der Waals surface area contributed by atoms with Crippen LogP contribution in [0.5, 0.6) is 0 Å². The van der Waals surface area contributed by atoms with Crippen molar-refractivity contribution in [1.29, 1.82) is 0 Å². The van der Waals surface area contributed by atoms with Gasteiger partial charge in [-0.2, -0.15) is 0 Å². The Bertz CT molecular complexity index is 373. The lowest BCUT2D eigenvalue weighted by Gasteiger charge is -2.31. The topological polar surface area (TPSA) is 57.6 Å². The normalized spacial score (nSPS) is 30.3. The zero-order valence-corrected chi connectivity index (χ0v) is 11.7. The summed E-state index contributed by atoms with van der Waals surface area (Å²) in [5, 5.41) is 9.06. The van der Waals surface area contributed by atoms with E-state index in [2.05, 4.69) is 27.7 Å². The largest absolute Gasteiger partial charge is 0.481 e. The summed E-state index contributed by atoms with van der Waals surface area (Å²) in [5.74, 6) is -0.568. The van der Waals surface area contributed by atoms with Gasteiger partial charge >= 0.3 is 5.97 Å². The van der Waals surface area contributed by atoms with Crippen molar-refractivity contribution >= 4 is 11.9 Å². The van der Waals surface area contributed by atoms with Gasteiger partial charge in [-0.1, -0.05) is 27.7 Å². The Morgan fingerprint density at radius 3 is 2.33 bits per heavy atom. The minimum absolute atomic E-state index is 0.117. The van der Waals surface area contributed by atoms with E-state index < -0.39 is 5.97 Å². The van der Waals surface area contributed by atoms with Crippen molar-refractivity contribution in [1.82, 2.24) is 4.90 Å². The summed E-state index contributed by atoms with van der Waals surface area (Å²) < 4.78 is 0. The van der Waals surface area contributed by atoms with Gasteiger partial charge in [-0.05, 0) is 23.2 Å². The van der Waals surface area contributed by atoms with Gasteiger partial charge in [0.05, 0.1) is 5.92 Å². The fourth-order valence-electron chi connectivity index (χ4n) is 3.30. The molecule has 1 aliphatic heterocycles. The van der Waals surface area contributed by atoms with Crippen LogP contribution < -0.4 is 0 Å². The quantitative estimate of drug-likeness (QED) is 0.837. The molecule has 2 aliphatic rings. The summed E-state index contributed by atoms with van der Waals surface area (Å²) >= 11 is 0. The monoisotopic (exact) mass is 253 g/mol. The first-order valence-corrected chi connectivity index (χ1v) is 6.68. The molecular formula is C14H23NO3. The number of hydrogen-bond acceptors (Lipinski definition) is 2. The van der Waals surface area contributed by atoms with Crippen molar-refractivity contribution in [3.63, 3.8) is 0 Å². The van der Waals surface area contributed by atoms with E-state index in [9.17, 15) is 9.59 Å². The molecule has 1 atom stereocenters. The molecule has 18 heavy (non-hydrogen) atoms. The summed E-state index contributed by atoms with van der Waals surface area (Å²) in [5.41, 5.74) is 0.479. The average molecular weight is 253 g/mol. The van der Waals surface area contributed by atoms with Crippen LogP contribution in [-0.4, -0.2) is 35.0 Å². The first kappa shape index (κ1) is 13.4. The Kier molecular flexibility index (Phi) is 2.95. The van der Waals surface area contributed by atoms with Crippen LogP contribution in [0.3, 0.4) is 0 Å². The van der Waals surface area contributed by atoms with Gasteiger partial charge in [0.1, 0.15) is 0 Å². The minimum atomic E-state index is -0.776. The summed E-state index contributed by atoms with van der Waals surface area (Å²) in [4.78, 5) is 24.7. The van der Waals surface area contributed by atoms with E-state index in [-0.39, 0.29) is 22.7 Å². The molecule has 1 N–H and O–H groups in total. The summed E-state index contributed by atoms with van der Waals surface area (Å²) in [6, 6.07) is 0. The van der Waals surface area contributed by atoms with Crippen LogP contribution in [0.25, 0.3) is 0 Å². The van der Waals surface area contributed by atoms with Crippen LogP contribution in [0, 0.1) is 22.7 Å². The van der Waals surface area contributed by atoms with Gasteiger partial charge < -0.3 is 10.0 Å². The Hall–Kier alpha value is -1.06. The molecule has 1 saturated carbocycles. The number of carboxylic acids is 1. The number of piperidine rings is 1. The van der Waals surface area contributed by atoms with Crippen molar-refractivity contribution in [2.75, 3.05) is 13.1 Å². The highest BCUT2D eigenvalue weighted by atomic mass is 16.4. The Labute approximate surface area is 108 Å². The van der Waals surface area contributed by atoms with Gasteiger partial charge in [-0.25, -0.2) is 0 Å². The van der Waals surface area contributed by atoms with Gasteiger partial charge in [-0.3, -0.25) is 9.59 Å². The molecule has 2 fully saturated rings.